The van der Waals surface area contributed by atoms with E-state index in [1.807, 2.05) is 37.1 Å². The molecule has 2 atom stereocenters. The van der Waals surface area contributed by atoms with Crippen LogP contribution in [0.3, 0.4) is 0 Å². The third-order valence-electron chi connectivity index (χ3n) is 2.82. The Bertz CT molecular complexity index is 301. The van der Waals surface area contributed by atoms with E-state index in [0.717, 1.165) is 30.2 Å². The van der Waals surface area contributed by atoms with Crippen LogP contribution < -0.4 is 5.32 Å². The van der Waals surface area contributed by atoms with E-state index in [9.17, 15) is 0 Å². The van der Waals surface area contributed by atoms with Crippen molar-refractivity contribution in [2.24, 2.45) is 0 Å². The predicted molar refractivity (Wildman–Crippen MR) is 67.9 cm³/mol. The molecule has 0 radical (unpaired) electrons. The maximum Gasteiger partial charge on any atom is 0.0822 e. The summed E-state index contributed by atoms with van der Waals surface area (Å²) < 4.78 is 5.79. The second-order valence-electron chi connectivity index (χ2n) is 3.90. The van der Waals surface area contributed by atoms with Crippen LogP contribution in [-0.2, 0) is 11.2 Å². The number of rotatable bonds is 4. The van der Waals surface area contributed by atoms with E-state index < -0.39 is 0 Å². The summed E-state index contributed by atoms with van der Waals surface area (Å²) in [5.41, 5.74) is 1.13. The molecule has 0 aromatic carbocycles. The van der Waals surface area contributed by atoms with Crippen molar-refractivity contribution in [3.05, 3.63) is 30.1 Å². The minimum Gasteiger partial charge on any atom is -0.375 e. The zero-order valence-electron chi connectivity index (χ0n) is 9.56. The third-order valence-corrected chi connectivity index (χ3v) is 3.84. The molecule has 3 nitrogen and oxygen atoms in total. The summed E-state index contributed by atoms with van der Waals surface area (Å²) in [6.45, 7) is 0.871. The number of nitrogens with zero attached hydrogens (tertiary/aromatic N) is 1. The van der Waals surface area contributed by atoms with Crippen molar-refractivity contribution in [2.45, 2.75) is 18.6 Å². The van der Waals surface area contributed by atoms with Crippen molar-refractivity contribution >= 4 is 11.8 Å². The Labute approximate surface area is 101 Å². The zero-order chi connectivity index (χ0) is 11.2. The molecule has 2 rings (SSSR count). The first-order valence-electron chi connectivity index (χ1n) is 5.66. The molecule has 0 bridgehead atoms. The van der Waals surface area contributed by atoms with E-state index in [4.69, 9.17) is 4.74 Å². The molecular weight excluding hydrogens is 220 g/mol. The first kappa shape index (κ1) is 11.9. The van der Waals surface area contributed by atoms with Gasteiger partial charge in [0.2, 0.25) is 0 Å². The van der Waals surface area contributed by atoms with Gasteiger partial charge in [0.05, 0.1) is 12.7 Å². The number of aromatic nitrogens is 1. The normalized spacial score (nSPS) is 22.9. The van der Waals surface area contributed by atoms with Gasteiger partial charge in [0.25, 0.3) is 0 Å². The summed E-state index contributed by atoms with van der Waals surface area (Å²) in [4.78, 5) is 4.36. The average molecular weight is 238 g/mol. The van der Waals surface area contributed by atoms with Crippen molar-refractivity contribution in [2.75, 3.05) is 25.2 Å². The van der Waals surface area contributed by atoms with Crippen LogP contribution in [0.15, 0.2) is 24.4 Å². The molecule has 1 N–H and O–H groups in total. The van der Waals surface area contributed by atoms with Crippen molar-refractivity contribution in [3.8, 4) is 0 Å². The Balaban J connectivity index is 1.94. The monoisotopic (exact) mass is 238 g/mol. The number of pyridine rings is 1. The van der Waals surface area contributed by atoms with Crippen molar-refractivity contribution < 1.29 is 4.74 Å². The summed E-state index contributed by atoms with van der Waals surface area (Å²) >= 11 is 1.97. The van der Waals surface area contributed by atoms with Gasteiger partial charge < -0.3 is 10.1 Å². The maximum absolute atomic E-state index is 5.79. The summed E-state index contributed by atoms with van der Waals surface area (Å²) in [6, 6.07) is 6.42. The van der Waals surface area contributed by atoms with Gasteiger partial charge in [-0.3, -0.25) is 4.98 Å². The van der Waals surface area contributed by atoms with Gasteiger partial charge in [-0.2, -0.15) is 11.8 Å². The predicted octanol–water partition coefficient (Wildman–Crippen LogP) is 1.34. The highest BCUT2D eigenvalue weighted by atomic mass is 32.2. The van der Waals surface area contributed by atoms with Gasteiger partial charge in [-0.25, -0.2) is 0 Å². The van der Waals surface area contributed by atoms with Crippen molar-refractivity contribution in [1.82, 2.24) is 10.3 Å². The smallest absolute Gasteiger partial charge is 0.0822 e. The van der Waals surface area contributed by atoms with Gasteiger partial charge in [-0.05, 0) is 19.2 Å². The van der Waals surface area contributed by atoms with Crippen LogP contribution in [0.1, 0.15) is 5.69 Å². The number of ether oxygens (including phenoxy) is 1. The molecule has 1 aliphatic rings. The van der Waals surface area contributed by atoms with Gasteiger partial charge in [0.15, 0.2) is 0 Å². The van der Waals surface area contributed by atoms with E-state index in [-0.39, 0.29) is 0 Å². The van der Waals surface area contributed by atoms with Crippen LogP contribution in [0.25, 0.3) is 0 Å². The van der Waals surface area contributed by atoms with Crippen molar-refractivity contribution in [3.63, 3.8) is 0 Å². The summed E-state index contributed by atoms with van der Waals surface area (Å²) in [5, 5.41) is 3.34. The van der Waals surface area contributed by atoms with Gasteiger partial charge >= 0.3 is 0 Å². The Hall–Kier alpha value is -0.580. The first-order chi connectivity index (χ1) is 7.90. The van der Waals surface area contributed by atoms with Gasteiger partial charge in [0, 0.05) is 35.9 Å². The summed E-state index contributed by atoms with van der Waals surface area (Å²) in [6.07, 6.45) is 3.09. The standard InChI is InChI=1S/C12H18N2OS/c1-13-11(12-9-16-7-6-15-12)8-10-4-2-3-5-14-10/h2-5,11-13H,6-9H2,1H3. The van der Waals surface area contributed by atoms with Gasteiger partial charge in [0.1, 0.15) is 0 Å². The molecule has 2 unspecified atom stereocenters. The third kappa shape index (κ3) is 3.20. The lowest BCUT2D eigenvalue weighted by Gasteiger charge is -2.29. The molecule has 1 aliphatic heterocycles. The van der Waals surface area contributed by atoms with Crippen molar-refractivity contribution in [1.29, 1.82) is 0 Å². The molecule has 0 aliphatic carbocycles. The van der Waals surface area contributed by atoms with Crippen LogP contribution in [0.4, 0.5) is 0 Å². The molecule has 0 saturated carbocycles. The maximum atomic E-state index is 5.79. The molecule has 0 spiro atoms. The number of hydrogen-bond donors (Lipinski definition) is 1. The molecular formula is C12H18N2OS. The highest BCUT2D eigenvalue weighted by Gasteiger charge is 2.23. The molecule has 2 heterocycles. The fraction of sp³-hybridized carbons (Fsp3) is 0.583. The van der Waals surface area contributed by atoms with E-state index in [1.165, 1.54) is 0 Å². The van der Waals surface area contributed by atoms with E-state index >= 15 is 0 Å². The molecule has 1 fully saturated rings. The topological polar surface area (TPSA) is 34.2 Å². The van der Waals surface area contributed by atoms with Crippen LogP contribution in [0, 0.1) is 0 Å². The zero-order valence-corrected chi connectivity index (χ0v) is 10.4. The highest BCUT2D eigenvalue weighted by molar-refractivity contribution is 7.99. The molecule has 0 amide bonds. The lowest BCUT2D eigenvalue weighted by molar-refractivity contribution is 0.0489. The minimum absolute atomic E-state index is 0.311. The highest BCUT2D eigenvalue weighted by Crippen LogP contribution is 2.17. The lowest BCUT2D eigenvalue weighted by atomic mass is 10.1. The van der Waals surface area contributed by atoms with Crippen LogP contribution >= 0.6 is 11.8 Å². The molecule has 1 aromatic heterocycles. The second-order valence-corrected chi connectivity index (χ2v) is 5.05. The molecule has 88 valence electrons. The first-order valence-corrected chi connectivity index (χ1v) is 6.82. The summed E-state index contributed by atoms with van der Waals surface area (Å²) in [7, 11) is 2.00. The fourth-order valence-corrected chi connectivity index (χ4v) is 2.84. The Morgan fingerprint density at radius 3 is 3.19 bits per heavy atom. The summed E-state index contributed by atoms with van der Waals surface area (Å²) in [5.74, 6) is 2.20. The number of nitrogens with one attached hydrogen (secondary N) is 1. The number of likely N-dealkylation sites (N-methyl/N-ethyl adjacent to an activating group) is 1. The van der Waals surface area contributed by atoms with E-state index in [0.29, 0.717) is 12.1 Å². The number of thioether (sulfide) groups is 1. The lowest BCUT2D eigenvalue weighted by Crippen LogP contribution is -2.44. The van der Waals surface area contributed by atoms with E-state index in [1.54, 1.807) is 0 Å². The molecule has 1 aromatic rings. The Morgan fingerprint density at radius 1 is 1.62 bits per heavy atom. The van der Waals surface area contributed by atoms with Gasteiger partial charge in [-0.1, -0.05) is 6.07 Å². The fourth-order valence-electron chi connectivity index (χ4n) is 1.90. The largest absolute Gasteiger partial charge is 0.375 e. The molecule has 1 saturated heterocycles. The van der Waals surface area contributed by atoms with Crippen LogP contribution in [0.2, 0.25) is 0 Å². The minimum atomic E-state index is 0.311. The van der Waals surface area contributed by atoms with Crippen LogP contribution in [0.5, 0.6) is 0 Å². The molecule has 16 heavy (non-hydrogen) atoms. The van der Waals surface area contributed by atoms with Gasteiger partial charge in [-0.15, -0.1) is 0 Å². The average Bonchev–Trinajstić information content (AvgIpc) is 2.38. The van der Waals surface area contributed by atoms with E-state index in [2.05, 4.69) is 16.4 Å². The second kappa shape index (κ2) is 6.23. The molecule has 4 heteroatoms. The Kier molecular flexibility index (Phi) is 4.63. The Morgan fingerprint density at radius 2 is 2.56 bits per heavy atom. The quantitative estimate of drug-likeness (QED) is 0.858. The SMILES string of the molecule is CNC(Cc1ccccn1)C1CSCCO1. The number of hydrogen-bond acceptors (Lipinski definition) is 4. The van der Waals surface area contributed by atoms with Crippen LogP contribution in [-0.4, -0.2) is 42.3 Å².